The molecule has 0 radical (unpaired) electrons. The first-order valence-corrected chi connectivity index (χ1v) is 9.34. The lowest BCUT2D eigenvalue weighted by Crippen LogP contribution is -2.42. The van der Waals surface area contributed by atoms with E-state index in [1.165, 1.54) is 12.1 Å². The number of carbonyl (C=O) groups excluding carboxylic acids is 2. The van der Waals surface area contributed by atoms with E-state index >= 15 is 0 Å². The lowest BCUT2D eigenvalue weighted by atomic mass is 9.91. The van der Waals surface area contributed by atoms with Crippen LogP contribution in [-0.2, 0) is 0 Å². The number of carbonyl (C=O) groups is 2. The number of nitrogen functional groups attached to an aromatic ring is 1. The molecule has 1 fully saturated rings. The summed E-state index contributed by atoms with van der Waals surface area (Å²) in [5.41, 5.74) is 6.88. The maximum absolute atomic E-state index is 13.1. The molecule has 1 aliphatic heterocycles. The van der Waals surface area contributed by atoms with Gasteiger partial charge in [0.05, 0.1) is 11.3 Å². The molecule has 0 unspecified atom stereocenters. The van der Waals surface area contributed by atoms with Crippen LogP contribution in [0.15, 0.2) is 36.4 Å². The van der Waals surface area contributed by atoms with Gasteiger partial charge in [-0.3, -0.25) is 9.59 Å². The molecule has 1 saturated heterocycles. The Morgan fingerprint density at radius 1 is 1.19 bits per heavy atom. The lowest BCUT2D eigenvalue weighted by Gasteiger charge is -2.35. The Morgan fingerprint density at radius 2 is 1.85 bits per heavy atom. The quantitative estimate of drug-likeness (QED) is 0.787. The predicted octanol–water partition coefficient (Wildman–Crippen LogP) is 3.69. The lowest BCUT2D eigenvalue weighted by molar-refractivity contribution is 0.0624. The molecule has 2 atom stereocenters. The van der Waals surface area contributed by atoms with Crippen molar-refractivity contribution in [2.75, 3.05) is 24.1 Å². The van der Waals surface area contributed by atoms with Crippen molar-refractivity contribution in [2.24, 2.45) is 11.8 Å². The fraction of sp³-hybridized carbons (Fsp3) is 0.350. The van der Waals surface area contributed by atoms with Gasteiger partial charge in [0.25, 0.3) is 11.8 Å². The van der Waals surface area contributed by atoms with Gasteiger partial charge in [0.2, 0.25) is 0 Å². The highest BCUT2D eigenvalue weighted by atomic mass is 35.5. The maximum atomic E-state index is 13.1. The zero-order valence-electron chi connectivity index (χ0n) is 15.4. The first-order chi connectivity index (χ1) is 12.8. The highest BCUT2D eigenvalue weighted by Crippen LogP contribution is 2.25. The predicted molar refractivity (Wildman–Crippen MR) is 107 cm³/mol. The monoisotopic (exact) mass is 386 g/mol. The summed E-state index contributed by atoms with van der Waals surface area (Å²) in [4.78, 5) is 31.4. The molecule has 2 amide bonds. The number of aromatic nitrogens is 1. The van der Waals surface area contributed by atoms with Crippen LogP contribution in [0.4, 0.5) is 11.5 Å². The van der Waals surface area contributed by atoms with Crippen LogP contribution >= 0.6 is 11.6 Å². The second-order valence-electron chi connectivity index (χ2n) is 7.26. The van der Waals surface area contributed by atoms with E-state index in [1.54, 1.807) is 24.3 Å². The fourth-order valence-electron chi connectivity index (χ4n) is 3.62. The summed E-state index contributed by atoms with van der Waals surface area (Å²) >= 11 is 5.88. The van der Waals surface area contributed by atoms with E-state index in [-0.39, 0.29) is 22.4 Å². The van der Waals surface area contributed by atoms with E-state index in [0.29, 0.717) is 23.1 Å². The summed E-state index contributed by atoms with van der Waals surface area (Å²) in [6.07, 6.45) is 1.12. The summed E-state index contributed by atoms with van der Waals surface area (Å²) in [7, 11) is 0. The van der Waals surface area contributed by atoms with Crippen LogP contribution in [0.5, 0.6) is 0 Å². The number of para-hydroxylation sites is 1. The minimum atomic E-state index is -0.397. The van der Waals surface area contributed by atoms with Crippen LogP contribution in [0, 0.1) is 11.8 Å². The van der Waals surface area contributed by atoms with Crippen LogP contribution in [0.25, 0.3) is 0 Å². The third kappa shape index (κ3) is 4.57. The summed E-state index contributed by atoms with van der Waals surface area (Å²) < 4.78 is 0. The second-order valence-corrected chi connectivity index (χ2v) is 7.65. The fourth-order valence-corrected chi connectivity index (χ4v) is 3.84. The molecule has 27 heavy (non-hydrogen) atoms. The van der Waals surface area contributed by atoms with E-state index < -0.39 is 5.91 Å². The molecular weight excluding hydrogens is 364 g/mol. The first kappa shape index (κ1) is 19.2. The van der Waals surface area contributed by atoms with Crippen molar-refractivity contribution in [2.45, 2.75) is 20.3 Å². The molecule has 0 bridgehead atoms. The van der Waals surface area contributed by atoms with Gasteiger partial charge in [0.15, 0.2) is 0 Å². The van der Waals surface area contributed by atoms with Crippen molar-refractivity contribution in [1.82, 2.24) is 9.88 Å². The van der Waals surface area contributed by atoms with Crippen molar-refractivity contribution in [3.05, 3.63) is 52.7 Å². The molecule has 1 aromatic carbocycles. The molecule has 1 aliphatic rings. The van der Waals surface area contributed by atoms with E-state index in [0.717, 1.165) is 19.5 Å². The molecule has 3 rings (SSSR count). The standard InChI is InChI=1S/C20H23ClN4O2/c1-12-7-13(2)11-25(10-12)20(27)15-5-3-4-6-16(15)23-19(26)14-8-17(21)24-18(22)9-14/h3-6,8-9,12-13H,7,10-11H2,1-2H3,(H2,22,24)(H,23,26)/t12-,13-/m0/s1. The van der Waals surface area contributed by atoms with Crippen LogP contribution in [0.3, 0.4) is 0 Å². The number of rotatable bonds is 3. The number of anilines is 2. The van der Waals surface area contributed by atoms with E-state index in [1.807, 2.05) is 4.90 Å². The van der Waals surface area contributed by atoms with Crippen molar-refractivity contribution in [3.63, 3.8) is 0 Å². The molecule has 6 nitrogen and oxygen atoms in total. The molecule has 142 valence electrons. The average Bonchev–Trinajstić information content (AvgIpc) is 2.60. The zero-order chi connectivity index (χ0) is 19.6. The highest BCUT2D eigenvalue weighted by Gasteiger charge is 2.27. The summed E-state index contributed by atoms with van der Waals surface area (Å²) in [6.45, 7) is 5.76. The van der Waals surface area contributed by atoms with Crippen molar-refractivity contribution < 1.29 is 9.59 Å². The summed E-state index contributed by atoms with van der Waals surface area (Å²) in [5, 5.41) is 2.93. The number of nitrogens with zero attached hydrogens (tertiary/aromatic N) is 2. The minimum Gasteiger partial charge on any atom is -0.384 e. The van der Waals surface area contributed by atoms with Gasteiger partial charge in [-0.25, -0.2) is 4.98 Å². The van der Waals surface area contributed by atoms with Gasteiger partial charge in [-0.05, 0) is 42.5 Å². The van der Waals surface area contributed by atoms with Crippen LogP contribution < -0.4 is 11.1 Å². The van der Waals surface area contributed by atoms with Crippen LogP contribution in [0.2, 0.25) is 5.15 Å². The van der Waals surface area contributed by atoms with Gasteiger partial charge in [-0.1, -0.05) is 37.6 Å². The third-order valence-electron chi connectivity index (χ3n) is 4.64. The van der Waals surface area contributed by atoms with Crippen LogP contribution in [-0.4, -0.2) is 34.8 Å². The normalized spacial score (nSPS) is 19.6. The number of nitrogens with one attached hydrogen (secondary N) is 1. The smallest absolute Gasteiger partial charge is 0.255 e. The van der Waals surface area contributed by atoms with Gasteiger partial charge < -0.3 is 16.0 Å². The zero-order valence-corrected chi connectivity index (χ0v) is 16.2. The van der Waals surface area contributed by atoms with Gasteiger partial charge in [-0.15, -0.1) is 0 Å². The van der Waals surface area contributed by atoms with Gasteiger partial charge in [0, 0.05) is 18.7 Å². The number of hydrogen-bond acceptors (Lipinski definition) is 4. The molecule has 0 spiro atoms. The number of hydrogen-bond donors (Lipinski definition) is 2. The highest BCUT2D eigenvalue weighted by molar-refractivity contribution is 6.30. The molecule has 7 heteroatoms. The number of pyridine rings is 1. The summed E-state index contributed by atoms with van der Waals surface area (Å²) in [6, 6.07) is 9.90. The van der Waals surface area contributed by atoms with E-state index in [9.17, 15) is 9.59 Å². The van der Waals surface area contributed by atoms with Crippen molar-refractivity contribution in [3.8, 4) is 0 Å². The Morgan fingerprint density at radius 3 is 2.52 bits per heavy atom. The van der Waals surface area contributed by atoms with Crippen LogP contribution in [0.1, 0.15) is 41.0 Å². The molecule has 0 saturated carbocycles. The Labute approximate surface area is 163 Å². The molecule has 2 heterocycles. The second kappa shape index (κ2) is 7.96. The van der Waals surface area contributed by atoms with E-state index in [4.69, 9.17) is 17.3 Å². The van der Waals surface area contributed by atoms with Crippen molar-refractivity contribution >= 4 is 34.9 Å². The number of halogens is 1. The Kier molecular flexibility index (Phi) is 5.65. The number of amides is 2. The number of piperidine rings is 1. The molecular formula is C20H23ClN4O2. The third-order valence-corrected chi connectivity index (χ3v) is 4.83. The van der Waals surface area contributed by atoms with Gasteiger partial charge >= 0.3 is 0 Å². The first-order valence-electron chi connectivity index (χ1n) is 8.96. The molecule has 1 aromatic heterocycles. The Bertz CT molecular complexity index is 841. The molecule has 3 N–H and O–H groups in total. The largest absolute Gasteiger partial charge is 0.384 e. The molecule has 0 aliphatic carbocycles. The van der Waals surface area contributed by atoms with E-state index in [2.05, 4.69) is 24.1 Å². The summed E-state index contributed by atoms with van der Waals surface area (Å²) in [5.74, 6) is 0.610. The topological polar surface area (TPSA) is 88.3 Å². The number of likely N-dealkylation sites (tertiary alicyclic amines) is 1. The number of benzene rings is 1. The Balaban J connectivity index is 1.83. The minimum absolute atomic E-state index is 0.0726. The SMILES string of the molecule is C[C@H]1C[C@H](C)CN(C(=O)c2ccccc2NC(=O)c2cc(N)nc(Cl)c2)C1. The Hall–Kier alpha value is -2.60. The van der Waals surface area contributed by atoms with Crippen molar-refractivity contribution in [1.29, 1.82) is 0 Å². The number of nitrogens with two attached hydrogens (primary N) is 1. The van der Waals surface area contributed by atoms with Gasteiger partial charge in [0.1, 0.15) is 11.0 Å². The van der Waals surface area contributed by atoms with Gasteiger partial charge in [-0.2, -0.15) is 0 Å². The average molecular weight is 387 g/mol. The maximum Gasteiger partial charge on any atom is 0.255 e. The molecule has 2 aromatic rings.